The Kier molecular flexibility index (Phi) is 15.1. The maximum Gasteiger partial charge on any atom is 0.305 e. The Hall–Kier alpha value is -4.92. The van der Waals surface area contributed by atoms with Gasteiger partial charge in [0.1, 0.15) is 30.0 Å². The molecular formula is C33H45ClN8O7. The molecule has 5 amide bonds. The Bertz CT molecular complexity index is 1530. The second-order valence-electron chi connectivity index (χ2n) is 11.8. The van der Waals surface area contributed by atoms with Crippen LogP contribution >= 0.6 is 11.6 Å². The molecule has 1 aliphatic rings. The van der Waals surface area contributed by atoms with Gasteiger partial charge in [0.15, 0.2) is 5.96 Å². The van der Waals surface area contributed by atoms with Crippen molar-refractivity contribution < 1.29 is 33.5 Å². The summed E-state index contributed by atoms with van der Waals surface area (Å²) >= 11 is 5.67. The van der Waals surface area contributed by atoms with E-state index in [9.17, 15) is 28.8 Å². The molecule has 2 aromatic carbocycles. The Labute approximate surface area is 289 Å². The zero-order valence-corrected chi connectivity index (χ0v) is 28.2. The standard InChI is InChI=1S/C33H45ClN8O7/c1-49-28(44)14-13-24(39-27(43)19-34)32(48)42-16-5-4-10-26(42)31(47)41-25(18-20-11-12-21-7-2-3-8-22(21)17-20)30(46)40-23(29(35)45)9-6-15-38-33(36)37/h2-3,7-8,11-12,17,23-26H,4-6,9-10,13-16,18-19H2,1H3,(H2,35,45)(H,39,43)(H,40,46)(H,41,47)(H4,36,37,38)/t23-,24-,25-,26-/m0/s1. The lowest BCUT2D eigenvalue weighted by Crippen LogP contribution is -2.60. The van der Waals surface area contributed by atoms with E-state index in [1.807, 2.05) is 42.5 Å². The van der Waals surface area contributed by atoms with Crippen LogP contribution in [0.4, 0.5) is 0 Å². The van der Waals surface area contributed by atoms with Crippen molar-refractivity contribution in [1.29, 1.82) is 0 Å². The maximum absolute atomic E-state index is 13.9. The molecule has 0 saturated carbocycles. The van der Waals surface area contributed by atoms with Crippen LogP contribution in [0, 0.1) is 0 Å². The zero-order valence-electron chi connectivity index (χ0n) is 27.5. The number of methoxy groups -OCH3 is 1. The number of guanidine groups is 1. The molecule has 0 aliphatic carbocycles. The van der Waals surface area contributed by atoms with Crippen molar-refractivity contribution >= 4 is 63.8 Å². The number of primary amides is 1. The molecule has 1 aliphatic heterocycles. The van der Waals surface area contributed by atoms with E-state index in [1.165, 1.54) is 12.0 Å². The SMILES string of the molecule is COC(=O)CC[C@H](NC(=O)CCl)C(=O)N1CCCC[C@H]1C(=O)N[C@@H](Cc1ccc2ccccc2c1)C(=O)N[C@@H](CCCN=C(N)N)C(N)=O. The number of amides is 5. The quantitative estimate of drug-likeness (QED) is 0.0425. The van der Waals surface area contributed by atoms with Crippen LogP contribution in [0.15, 0.2) is 47.5 Å². The van der Waals surface area contributed by atoms with Crippen molar-refractivity contribution in [2.75, 3.05) is 26.1 Å². The Morgan fingerprint density at radius 3 is 2.35 bits per heavy atom. The number of carbonyl (C=O) groups excluding carboxylic acids is 6. The highest BCUT2D eigenvalue weighted by Gasteiger charge is 2.38. The van der Waals surface area contributed by atoms with E-state index in [0.717, 1.165) is 16.3 Å². The topological polar surface area (TPSA) is 241 Å². The predicted octanol–water partition coefficient (Wildman–Crippen LogP) is -0.0513. The highest BCUT2D eigenvalue weighted by molar-refractivity contribution is 6.27. The average molecular weight is 701 g/mol. The second kappa shape index (κ2) is 19.2. The fourth-order valence-corrected chi connectivity index (χ4v) is 5.74. The first-order valence-electron chi connectivity index (χ1n) is 16.1. The lowest BCUT2D eigenvalue weighted by atomic mass is 9.97. The highest BCUT2D eigenvalue weighted by Crippen LogP contribution is 2.21. The third-order valence-corrected chi connectivity index (χ3v) is 8.44. The smallest absolute Gasteiger partial charge is 0.305 e. The molecule has 4 atom stereocenters. The molecule has 15 nitrogen and oxygen atoms in total. The number of likely N-dealkylation sites (tertiary alicyclic amines) is 1. The number of esters is 1. The molecule has 3 rings (SSSR count). The van der Waals surface area contributed by atoms with Crippen LogP contribution in [0.3, 0.4) is 0 Å². The van der Waals surface area contributed by atoms with Gasteiger partial charge in [-0.15, -0.1) is 11.6 Å². The summed E-state index contributed by atoms with van der Waals surface area (Å²) < 4.78 is 4.68. The first-order valence-corrected chi connectivity index (χ1v) is 16.6. The van der Waals surface area contributed by atoms with Crippen LogP contribution < -0.4 is 33.2 Å². The fourth-order valence-electron chi connectivity index (χ4n) is 5.66. The number of piperidine rings is 1. The van der Waals surface area contributed by atoms with Crippen molar-refractivity contribution in [3.05, 3.63) is 48.0 Å². The molecule has 0 spiro atoms. The number of nitrogens with one attached hydrogen (secondary N) is 3. The van der Waals surface area contributed by atoms with Crippen LogP contribution in [0.1, 0.15) is 50.5 Å². The minimum atomic E-state index is -1.15. The van der Waals surface area contributed by atoms with Gasteiger partial charge in [0, 0.05) is 25.9 Å². The van der Waals surface area contributed by atoms with E-state index in [0.29, 0.717) is 25.7 Å². The van der Waals surface area contributed by atoms with Gasteiger partial charge in [0.05, 0.1) is 7.11 Å². The number of carbonyl (C=O) groups is 6. The van der Waals surface area contributed by atoms with Crippen LogP contribution in [0.5, 0.6) is 0 Å². The maximum atomic E-state index is 13.9. The summed E-state index contributed by atoms with van der Waals surface area (Å²) in [6.07, 6.45) is 1.88. The molecule has 1 fully saturated rings. The van der Waals surface area contributed by atoms with Crippen LogP contribution in [-0.2, 0) is 39.9 Å². The number of hydrogen-bond acceptors (Lipinski definition) is 8. The van der Waals surface area contributed by atoms with Crippen molar-refractivity contribution in [3.8, 4) is 0 Å². The zero-order chi connectivity index (χ0) is 35.9. The molecule has 16 heteroatoms. The minimum absolute atomic E-state index is 0.0656. The summed E-state index contributed by atoms with van der Waals surface area (Å²) in [7, 11) is 1.21. The number of benzene rings is 2. The van der Waals surface area contributed by atoms with Crippen molar-refractivity contribution in [2.45, 2.75) is 75.5 Å². The van der Waals surface area contributed by atoms with Crippen LogP contribution in [0.25, 0.3) is 10.8 Å². The molecule has 0 aromatic heterocycles. The third kappa shape index (κ3) is 11.9. The van der Waals surface area contributed by atoms with Gasteiger partial charge in [0.2, 0.25) is 29.5 Å². The van der Waals surface area contributed by atoms with Crippen LogP contribution in [-0.4, -0.2) is 96.6 Å². The van der Waals surface area contributed by atoms with Crippen molar-refractivity contribution in [3.63, 3.8) is 0 Å². The minimum Gasteiger partial charge on any atom is -0.469 e. The monoisotopic (exact) mass is 700 g/mol. The van der Waals surface area contributed by atoms with Gasteiger partial charge in [0.25, 0.3) is 0 Å². The first kappa shape index (κ1) is 38.5. The summed E-state index contributed by atoms with van der Waals surface area (Å²) in [5.74, 6) is -4.26. The number of rotatable bonds is 17. The van der Waals surface area contributed by atoms with E-state index in [2.05, 4.69) is 25.7 Å². The molecule has 1 saturated heterocycles. The Morgan fingerprint density at radius 1 is 0.939 bits per heavy atom. The highest BCUT2D eigenvalue weighted by atomic mass is 35.5. The molecule has 266 valence electrons. The largest absolute Gasteiger partial charge is 0.469 e. The lowest BCUT2D eigenvalue weighted by molar-refractivity contribution is -0.146. The number of nitrogens with zero attached hydrogens (tertiary/aromatic N) is 2. The van der Waals surface area contributed by atoms with Gasteiger partial charge >= 0.3 is 5.97 Å². The van der Waals surface area contributed by atoms with Gasteiger partial charge < -0.3 is 42.8 Å². The molecule has 0 bridgehead atoms. The van der Waals surface area contributed by atoms with E-state index >= 15 is 0 Å². The van der Waals surface area contributed by atoms with Gasteiger partial charge in [-0.1, -0.05) is 42.5 Å². The number of nitrogens with two attached hydrogens (primary N) is 3. The molecule has 0 radical (unpaired) electrons. The molecular weight excluding hydrogens is 656 g/mol. The summed E-state index contributed by atoms with van der Waals surface area (Å²) in [4.78, 5) is 83.0. The summed E-state index contributed by atoms with van der Waals surface area (Å²) in [6.45, 7) is 0.431. The van der Waals surface area contributed by atoms with Gasteiger partial charge in [-0.25, -0.2) is 0 Å². The van der Waals surface area contributed by atoms with E-state index < -0.39 is 65.6 Å². The van der Waals surface area contributed by atoms with Crippen LogP contribution in [0.2, 0.25) is 0 Å². The van der Waals surface area contributed by atoms with E-state index in [1.54, 1.807) is 0 Å². The Balaban J connectivity index is 1.86. The van der Waals surface area contributed by atoms with Crippen molar-refractivity contribution in [1.82, 2.24) is 20.9 Å². The Morgan fingerprint density at radius 2 is 1.67 bits per heavy atom. The summed E-state index contributed by atoms with van der Waals surface area (Å²) in [5, 5.41) is 9.93. The average Bonchev–Trinajstić information content (AvgIpc) is 3.09. The first-order chi connectivity index (χ1) is 23.4. The summed E-state index contributed by atoms with van der Waals surface area (Å²) in [5.41, 5.74) is 17.1. The lowest BCUT2D eigenvalue weighted by Gasteiger charge is -2.37. The molecule has 0 unspecified atom stereocenters. The van der Waals surface area contributed by atoms with E-state index in [4.69, 9.17) is 28.8 Å². The fraction of sp³-hybridized carbons (Fsp3) is 0.485. The number of fused-ring (bicyclic) bond motifs is 1. The van der Waals surface area contributed by atoms with Gasteiger partial charge in [-0.3, -0.25) is 33.8 Å². The normalized spacial score (nSPS) is 16.0. The molecule has 2 aromatic rings. The van der Waals surface area contributed by atoms with E-state index in [-0.39, 0.29) is 44.7 Å². The third-order valence-electron chi connectivity index (χ3n) is 8.20. The molecule has 1 heterocycles. The predicted molar refractivity (Wildman–Crippen MR) is 184 cm³/mol. The second-order valence-corrected chi connectivity index (χ2v) is 12.0. The summed E-state index contributed by atoms with van der Waals surface area (Å²) in [6, 6.07) is 9.01. The number of halogens is 1. The number of ether oxygens (including phenoxy) is 1. The van der Waals surface area contributed by atoms with Gasteiger partial charge in [-0.05, 0) is 54.9 Å². The van der Waals surface area contributed by atoms with Crippen molar-refractivity contribution in [2.24, 2.45) is 22.2 Å². The number of aliphatic imine (C=N–C) groups is 1. The number of alkyl halides is 1. The van der Waals surface area contributed by atoms with Gasteiger partial charge in [-0.2, -0.15) is 0 Å². The molecule has 49 heavy (non-hydrogen) atoms. The number of hydrogen-bond donors (Lipinski definition) is 6. The molecule has 9 N–H and O–H groups in total.